The van der Waals surface area contributed by atoms with Crippen molar-refractivity contribution in [3.05, 3.63) is 64.8 Å². The van der Waals surface area contributed by atoms with Gasteiger partial charge in [-0.05, 0) is 43.0 Å². The number of nitrogens with zero attached hydrogens (tertiary/aromatic N) is 1. The van der Waals surface area contributed by atoms with Crippen LogP contribution in [0.4, 0.5) is 5.69 Å². The van der Waals surface area contributed by atoms with Crippen molar-refractivity contribution in [2.75, 3.05) is 18.0 Å². The van der Waals surface area contributed by atoms with Gasteiger partial charge in [0.2, 0.25) is 0 Å². The van der Waals surface area contributed by atoms with Crippen LogP contribution < -0.4 is 10.2 Å². The average Bonchev–Trinajstić information content (AvgIpc) is 3.13. The summed E-state index contributed by atoms with van der Waals surface area (Å²) in [6.07, 6.45) is 0.931. The van der Waals surface area contributed by atoms with E-state index in [2.05, 4.69) is 61.4 Å². The number of H-pyrrole nitrogens is 1. The van der Waals surface area contributed by atoms with Gasteiger partial charge in [-0.2, -0.15) is 0 Å². The normalized spacial score (nSPS) is 21.3. The van der Waals surface area contributed by atoms with Gasteiger partial charge >= 0.3 is 0 Å². The van der Waals surface area contributed by atoms with Crippen molar-refractivity contribution in [2.45, 2.75) is 32.7 Å². The molecule has 1 amide bonds. The molecule has 2 aliphatic rings. The highest BCUT2D eigenvalue weighted by molar-refractivity contribution is 6.11. The summed E-state index contributed by atoms with van der Waals surface area (Å²) >= 11 is 0. The first-order valence-electron chi connectivity index (χ1n) is 9.80. The summed E-state index contributed by atoms with van der Waals surface area (Å²) in [5, 5.41) is 4.86. The standard InChI is InChI=1S/C23H25N3O/c1-14(2)13-26-20-7-5-4-6-18(20)23(22(26)27)21-16(10-11-24-23)17-12-15(3)8-9-19(17)25-21/h4-9,12,14,24-25H,10-11,13H2,1-3H3/t23-/m0/s1. The Balaban J connectivity index is 1.79. The zero-order valence-electron chi connectivity index (χ0n) is 16.1. The van der Waals surface area contributed by atoms with Crippen LogP contribution in [0.15, 0.2) is 42.5 Å². The maximum absolute atomic E-state index is 13.8. The number of para-hydroxylation sites is 1. The first-order chi connectivity index (χ1) is 13.0. The number of anilines is 1. The Labute approximate surface area is 159 Å². The molecule has 3 heterocycles. The minimum absolute atomic E-state index is 0.140. The van der Waals surface area contributed by atoms with Crippen LogP contribution in [-0.4, -0.2) is 24.0 Å². The van der Waals surface area contributed by atoms with E-state index in [1.165, 1.54) is 16.5 Å². The third kappa shape index (κ3) is 2.16. The lowest BCUT2D eigenvalue weighted by atomic mass is 9.82. The average molecular weight is 359 g/mol. The van der Waals surface area contributed by atoms with Crippen molar-refractivity contribution in [2.24, 2.45) is 5.92 Å². The molecule has 0 aliphatic carbocycles. The highest BCUT2D eigenvalue weighted by atomic mass is 16.2. The van der Waals surface area contributed by atoms with Crippen LogP contribution >= 0.6 is 0 Å². The summed E-state index contributed by atoms with van der Waals surface area (Å²) in [7, 11) is 0. The molecule has 1 atom stereocenters. The summed E-state index contributed by atoms with van der Waals surface area (Å²) in [5.41, 5.74) is 5.97. The highest BCUT2D eigenvalue weighted by Gasteiger charge is 2.55. The van der Waals surface area contributed by atoms with Crippen LogP contribution in [0.1, 0.15) is 36.2 Å². The molecule has 1 spiro atoms. The number of carbonyl (C=O) groups excluding carboxylic acids is 1. The number of rotatable bonds is 2. The van der Waals surface area contributed by atoms with Gasteiger partial charge in [0.05, 0.1) is 5.69 Å². The zero-order valence-corrected chi connectivity index (χ0v) is 16.1. The molecule has 27 heavy (non-hydrogen) atoms. The van der Waals surface area contributed by atoms with Crippen molar-refractivity contribution in [1.29, 1.82) is 0 Å². The van der Waals surface area contributed by atoms with E-state index in [-0.39, 0.29) is 5.91 Å². The Morgan fingerprint density at radius 1 is 1.19 bits per heavy atom. The third-order valence-corrected chi connectivity index (χ3v) is 5.91. The molecule has 0 fully saturated rings. The quantitative estimate of drug-likeness (QED) is 0.730. The SMILES string of the molecule is Cc1ccc2[nH]c3c(c2c1)CCN[C@]31C(=O)N(CC(C)C)c2ccccc21. The number of aromatic nitrogens is 1. The van der Waals surface area contributed by atoms with Gasteiger partial charge in [-0.1, -0.05) is 43.7 Å². The predicted octanol–water partition coefficient (Wildman–Crippen LogP) is 3.87. The smallest absolute Gasteiger partial charge is 0.258 e. The maximum atomic E-state index is 13.8. The van der Waals surface area contributed by atoms with Gasteiger partial charge in [-0.25, -0.2) is 0 Å². The summed E-state index contributed by atoms with van der Waals surface area (Å²) in [6.45, 7) is 7.96. The molecule has 0 saturated heterocycles. The van der Waals surface area contributed by atoms with Crippen LogP contribution in [0.3, 0.4) is 0 Å². The lowest BCUT2D eigenvalue weighted by molar-refractivity contribution is -0.123. The van der Waals surface area contributed by atoms with E-state index >= 15 is 0 Å². The largest absolute Gasteiger partial charge is 0.356 e. The number of hydrogen-bond donors (Lipinski definition) is 2. The van der Waals surface area contributed by atoms with Crippen LogP contribution in [0.25, 0.3) is 10.9 Å². The fourth-order valence-corrected chi connectivity index (χ4v) is 4.82. The van der Waals surface area contributed by atoms with Crippen LogP contribution in [0.2, 0.25) is 0 Å². The van der Waals surface area contributed by atoms with E-state index in [0.717, 1.165) is 42.0 Å². The zero-order chi connectivity index (χ0) is 18.8. The number of aromatic amines is 1. The Morgan fingerprint density at radius 3 is 2.81 bits per heavy atom. The molecule has 3 aromatic rings. The van der Waals surface area contributed by atoms with Crippen LogP contribution in [0.5, 0.6) is 0 Å². The highest BCUT2D eigenvalue weighted by Crippen LogP contribution is 2.48. The van der Waals surface area contributed by atoms with Gasteiger partial charge in [0.25, 0.3) is 5.91 Å². The van der Waals surface area contributed by atoms with E-state index in [4.69, 9.17) is 0 Å². The number of amides is 1. The first kappa shape index (κ1) is 16.6. The molecule has 4 heteroatoms. The van der Waals surface area contributed by atoms with Crippen LogP contribution in [0, 0.1) is 12.8 Å². The minimum Gasteiger partial charge on any atom is -0.356 e. The third-order valence-electron chi connectivity index (χ3n) is 5.91. The van der Waals surface area contributed by atoms with E-state index in [1.54, 1.807) is 0 Å². The Hall–Kier alpha value is -2.59. The second kappa shape index (κ2) is 5.70. The van der Waals surface area contributed by atoms with E-state index < -0.39 is 5.54 Å². The monoisotopic (exact) mass is 359 g/mol. The molecule has 1 aromatic heterocycles. The van der Waals surface area contributed by atoms with E-state index in [9.17, 15) is 4.79 Å². The molecule has 5 rings (SSSR count). The van der Waals surface area contributed by atoms with Crippen LogP contribution in [-0.2, 0) is 16.8 Å². The fraction of sp³-hybridized carbons (Fsp3) is 0.348. The van der Waals surface area contributed by atoms with Crippen molar-refractivity contribution >= 4 is 22.5 Å². The van der Waals surface area contributed by atoms with E-state index in [0.29, 0.717) is 5.92 Å². The molecule has 0 bridgehead atoms. The number of benzene rings is 2. The molecule has 2 aromatic carbocycles. The molecule has 4 nitrogen and oxygen atoms in total. The van der Waals surface area contributed by atoms with Gasteiger partial charge < -0.3 is 9.88 Å². The Morgan fingerprint density at radius 2 is 2.00 bits per heavy atom. The second-order valence-electron chi connectivity index (χ2n) is 8.28. The van der Waals surface area contributed by atoms with Gasteiger partial charge in [0.15, 0.2) is 5.54 Å². The van der Waals surface area contributed by atoms with Crippen molar-refractivity contribution in [1.82, 2.24) is 10.3 Å². The molecule has 138 valence electrons. The molecular formula is C23H25N3O. The van der Waals surface area contributed by atoms with Crippen molar-refractivity contribution < 1.29 is 4.79 Å². The fourth-order valence-electron chi connectivity index (χ4n) is 4.82. The number of hydrogen-bond acceptors (Lipinski definition) is 2. The van der Waals surface area contributed by atoms with Crippen molar-refractivity contribution in [3.63, 3.8) is 0 Å². The molecule has 2 aliphatic heterocycles. The molecule has 0 saturated carbocycles. The number of aryl methyl sites for hydroxylation is 1. The minimum atomic E-state index is -0.800. The summed E-state index contributed by atoms with van der Waals surface area (Å²) < 4.78 is 0. The van der Waals surface area contributed by atoms with Gasteiger partial charge in [0, 0.05) is 35.2 Å². The Bertz CT molecular complexity index is 1060. The van der Waals surface area contributed by atoms with Gasteiger partial charge in [-0.3, -0.25) is 10.1 Å². The summed E-state index contributed by atoms with van der Waals surface area (Å²) in [6, 6.07) is 14.7. The number of fused-ring (bicyclic) bond motifs is 6. The van der Waals surface area contributed by atoms with Gasteiger partial charge in [-0.15, -0.1) is 0 Å². The second-order valence-corrected chi connectivity index (χ2v) is 8.28. The number of carbonyl (C=O) groups is 1. The topological polar surface area (TPSA) is 48.1 Å². The molecule has 2 N–H and O–H groups in total. The summed E-state index contributed by atoms with van der Waals surface area (Å²) in [4.78, 5) is 19.4. The molecule has 0 radical (unpaired) electrons. The predicted molar refractivity (Wildman–Crippen MR) is 109 cm³/mol. The number of nitrogens with one attached hydrogen (secondary N) is 2. The maximum Gasteiger partial charge on any atom is 0.258 e. The molecular weight excluding hydrogens is 334 g/mol. The molecule has 0 unspecified atom stereocenters. The van der Waals surface area contributed by atoms with E-state index in [1.807, 2.05) is 17.0 Å². The first-order valence-corrected chi connectivity index (χ1v) is 9.80. The lowest BCUT2D eigenvalue weighted by Gasteiger charge is -2.34. The summed E-state index contributed by atoms with van der Waals surface area (Å²) in [5.74, 6) is 0.548. The Kier molecular flexibility index (Phi) is 3.50. The van der Waals surface area contributed by atoms with Crippen molar-refractivity contribution in [3.8, 4) is 0 Å². The van der Waals surface area contributed by atoms with Gasteiger partial charge in [0.1, 0.15) is 0 Å². The lowest BCUT2D eigenvalue weighted by Crippen LogP contribution is -2.55.